The second-order valence-corrected chi connectivity index (χ2v) is 8.61. The van der Waals surface area contributed by atoms with Crippen LogP contribution in [0.5, 0.6) is 0 Å². The molecule has 1 heterocycles. The number of halogens is 2. The lowest BCUT2D eigenvalue weighted by Gasteiger charge is -2.24. The van der Waals surface area contributed by atoms with Crippen molar-refractivity contribution in [1.29, 1.82) is 0 Å². The van der Waals surface area contributed by atoms with Crippen LogP contribution in [-0.4, -0.2) is 31.8 Å². The molecule has 4 nitrogen and oxygen atoms in total. The Morgan fingerprint density at radius 2 is 2.14 bits per heavy atom. The number of hydrogen-bond donors (Lipinski definition) is 0. The van der Waals surface area contributed by atoms with E-state index in [1.165, 1.54) is 6.07 Å². The summed E-state index contributed by atoms with van der Waals surface area (Å²) in [6.07, 6.45) is 2.88. The second kappa shape index (κ2) is 6.26. The van der Waals surface area contributed by atoms with Crippen LogP contribution < -0.4 is 0 Å². The van der Waals surface area contributed by atoms with Crippen LogP contribution in [-0.2, 0) is 9.05 Å². The van der Waals surface area contributed by atoms with Crippen molar-refractivity contribution in [1.82, 2.24) is 4.90 Å². The van der Waals surface area contributed by atoms with E-state index in [1.807, 2.05) is 4.90 Å². The van der Waals surface area contributed by atoms with Gasteiger partial charge in [-0.3, -0.25) is 4.79 Å². The quantitative estimate of drug-likeness (QED) is 0.735. The number of benzene rings is 1. The highest BCUT2D eigenvalue weighted by Gasteiger charge is 2.29. The summed E-state index contributed by atoms with van der Waals surface area (Å²) in [6.45, 7) is 4.42. The molecule has 2 rings (SSSR count). The number of carbonyl (C=O) groups excluding carboxylic acids is 1. The molecule has 1 aliphatic heterocycles. The predicted octanol–water partition coefficient (Wildman–Crippen LogP) is 3.70. The first-order chi connectivity index (χ1) is 9.75. The highest BCUT2D eigenvalue weighted by Crippen LogP contribution is 2.30. The van der Waals surface area contributed by atoms with Gasteiger partial charge in [0.05, 0.1) is 4.90 Å². The smallest absolute Gasteiger partial charge is 0.261 e. The first kappa shape index (κ1) is 16.8. The summed E-state index contributed by atoms with van der Waals surface area (Å²) < 4.78 is 23.9. The van der Waals surface area contributed by atoms with E-state index in [-0.39, 0.29) is 16.8 Å². The van der Waals surface area contributed by atoms with Gasteiger partial charge in [0.2, 0.25) is 0 Å². The van der Waals surface area contributed by atoms with Crippen LogP contribution in [0, 0.1) is 6.92 Å². The van der Waals surface area contributed by atoms with E-state index >= 15 is 0 Å². The molecule has 1 atom stereocenters. The third-order valence-electron chi connectivity index (χ3n) is 3.92. The van der Waals surface area contributed by atoms with Crippen LogP contribution in [0.2, 0.25) is 0 Å². The monoisotopic (exact) mass is 393 g/mol. The molecule has 1 aliphatic rings. The zero-order valence-electron chi connectivity index (χ0n) is 11.9. The summed E-state index contributed by atoms with van der Waals surface area (Å²) in [7, 11) is 1.57. The molecular formula is C14H17BrClNO3S. The van der Waals surface area contributed by atoms with Crippen molar-refractivity contribution >= 4 is 41.6 Å². The highest BCUT2D eigenvalue weighted by molar-refractivity contribution is 9.10. The summed E-state index contributed by atoms with van der Waals surface area (Å²) in [5.41, 5.74) is 0.863. The van der Waals surface area contributed by atoms with E-state index in [1.54, 1.807) is 13.0 Å². The van der Waals surface area contributed by atoms with Gasteiger partial charge in [0.1, 0.15) is 0 Å². The Kier molecular flexibility index (Phi) is 5.00. The molecule has 21 heavy (non-hydrogen) atoms. The minimum Gasteiger partial charge on any atom is -0.336 e. The molecule has 0 saturated carbocycles. The SMILES string of the molecule is CCC1CCCN1C(=O)c1cc(Br)c(C)c(S(=O)(=O)Cl)c1. The molecule has 1 saturated heterocycles. The lowest BCUT2D eigenvalue weighted by Crippen LogP contribution is -2.35. The third-order valence-corrected chi connectivity index (χ3v) is 6.19. The summed E-state index contributed by atoms with van der Waals surface area (Å²) in [6, 6.07) is 3.26. The zero-order chi connectivity index (χ0) is 15.8. The van der Waals surface area contributed by atoms with Crippen LogP contribution in [0.1, 0.15) is 42.1 Å². The van der Waals surface area contributed by atoms with Crippen molar-refractivity contribution in [2.75, 3.05) is 6.54 Å². The third kappa shape index (κ3) is 3.43. The highest BCUT2D eigenvalue weighted by atomic mass is 79.9. The Hall–Kier alpha value is -0.590. The summed E-state index contributed by atoms with van der Waals surface area (Å²) in [5.74, 6) is -0.137. The molecule has 0 bridgehead atoms. The molecule has 116 valence electrons. The average molecular weight is 395 g/mol. The number of likely N-dealkylation sites (tertiary alicyclic amines) is 1. The predicted molar refractivity (Wildman–Crippen MR) is 86.3 cm³/mol. The summed E-state index contributed by atoms with van der Waals surface area (Å²) >= 11 is 3.30. The van der Waals surface area contributed by atoms with Crippen LogP contribution in [0.15, 0.2) is 21.5 Å². The molecule has 0 spiro atoms. The standard InChI is InChI=1S/C14H17BrClNO3S/c1-3-11-5-4-6-17(11)14(18)10-7-12(15)9(2)13(8-10)21(16,19)20/h7-8,11H,3-6H2,1-2H3. The minimum absolute atomic E-state index is 0.0193. The van der Waals surface area contributed by atoms with Gasteiger partial charge in [-0.1, -0.05) is 22.9 Å². The van der Waals surface area contributed by atoms with Crippen molar-refractivity contribution in [2.24, 2.45) is 0 Å². The van der Waals surface area contributed by atoms with Gasteiger partial charge < -0.3 is 4.90 Å². The van der Waals surface area contributed by atoms with E-state index < -0.39 is 9.05 Å². The van der Waals surface area contributed by atoms with Gasteiger partial charge in [-0.05, 0) is 43.9 Å². The molecule has 7 heteroatoms. The minimum atomic E-state index is -3.88. The molecular weight excluding hydrogens is 378 g/mol. The van der Waals surface area contributed by atoms with E-state index in [9.17, 15) is 13.2 Å². The van der Waals surface area contributed by atoms with Gasteiger partial charge >= 0.3 is 0 Å². The van der Waals surface area contributed by atoms with Gasteiger partial charge in [-0.15, -0.1) is 0 Å². The molecule has 1 aromatic carbocycles. The van der Waals surface area contributed by atoms with Crippen LogP contribution in [0.4, 0.5) is 0 Å². The molecule has 0 aromatic heterocycles. The van der Waals surface area contributed by atoms with E-state index in [0.29, 0.717) is 22.1 Å². The first-order valence-corrected chi connectivity index (χ1v) is 9.91. The second-order valence-electron chi connectivity index (χ2n) is 5.22. The first-order valence-electron chi connectivity index (χ1n) is 6.81. The van der Waals surface area contributed by atoms with Crippen molar-refractivity contribution in [3.05, 3.63) is 27.7 Å². The molecule has 0 aliphatic carbocycles. The Balaban J connectivity index is 2.45. The normalized spacial score (nSPS) is 19.0. The molecule has 1 aromatic rings. The number of nitrogens with zero attached hydrogens (tertiary/aromatic N) is 1. The number of hydrogen-bond acceptors (Lipinski definition) is 3. The Bertz CT molecular complexity index is 675. The lowest BCUT2D eigenvalue weighted by molar-refractivity contribution is 0.0733. The topological polar surface area (TPSA) is 54.5 Å². The Morgan fingerprint density at radius 1 is 1.48 bits per heavy atom. The molecule has 1 fully saturated rings. The van der Waals surface area contributed by atoms with E-state index in [0.717, 1.165) is 19.3 Å². The maximum Gasteiger partial charge on any atom is 0.261 e. The van der Waals surface area contributed by atoms with Crippen molar-refractivity contribution in [3.8, 4) is 0 Å². The Morgan fingerprint density at radius 3 is 2.71 bits per heavy atom. The Labute approximate surface area is 138 Å². The van der Waals surface area contributed by atoms with Crippen molar-refractivity contribution in [2.45, 2.75) is 44.0 Å². The maximum atomic E-state index is 12.6. The van der Waals surface area contributed by atoms with Gasteiger partial charge in [0.25, 0.3) is 15.0 Å². The van der Waals surface area contributed by atoms with Gasteiger partial charge in [-0.2, -0.15) is 0 Å². The van der Waals surface area contributed by atoms with Gasteiger partial charge in [-0.25, -0.2) is 8.42 Å². The van der Waals surface area contributed by atoms with E-state index in [4.69, 9.17) is 10.7 Å². The maximum absolute atomic E-state index is 12.6. The van der Waals surface area contributed by atoms with Crippen molar-refractivity contribution in [3.63, 3.8) is 0 Å². The fourth-order valence-corrected chi connectivity index (χ4v) is 4.54. The molecule has 0 N–H and O–H groups in total. The van der Waals surface area contributed by atoms with Gasteiger partial charge in [0.15, 0.2) is 0 Å². The van der Waals surface area contributed by atoms with Crippen LogP contribution in [0.3, 0.4) is 0 Å². The molecule has 1 amide bonds. The van der Waals surface area contributed by atoms with Crippen LogP contribution >= 0.6 is 26.6 Å². The molecule has 0 radical (unpaired) electrons. The lowest BCUT2D eigenvalue weighted by atomic mass is 10.1. The van der Waals surface area contributed by atoms with Crippen LogP contribution in [0.25, 0.3) is 0 Å². The number of amides is 1. The number of carbonyl (C=O) groups is 1. The van der Waals surface area contributed by atoms with Crippen molar-refractivity contribution < 1.29 is 13.2 Å². The number of rotatable bonds is 3. The molecule has 1 unspecified atom stereocenters. The fourth-order valence-electron chi connectivity index (χ4n) is 2.72. The average Bonchev–Trinajstić information content (AvgIpc) is 2.87. The summed E-state index contributed by atoms with van der Waals surface area (Å²) in [5, 5.41) is 0. The largest absolute Gasteiger partial charge is 0.336 e. The summed E-state index contributed by atoms with van der Waals surface area (Å²) in [4.78, 5) is 14.4. The van der Waals surface area contributed by atoms with E-state index in [2.05, 4.69) is 22.9 Å². The van der Waals surface area contributed by atoms with Gasteiger partial charge in [0, 0.05) is 33.3 Å². The fraction of sp³-hybridized carbons (Fsp3) is 0.500. The zero-order valence-corrected chi connectivity index (χ0v) is 15.1.